The van der Waals surface area contributed by atoms with E-state index in [1.165, 1.54) is 6.07 Å². The largest absolute Gasteiger partial charge is 0.489 e. The topological polar surface area (TPSA) is 51.2 Å². The molecule has 224 valence electrons. The molecule has 1 amide bonds. The van der Waals surface area contributed by atoms with Crippen LogP contribution in [-0.2, 0) is 15.1 Å². The van der Waals surface area contributed by atoms with Gasteiger partial charge in [-0.1, -0.05) is 91.0 Å². The standard InChI is InChI=1S/C36H33FN2O4S/c37-29-18-31-33(19-30(29)38-27-16-17-28(38)23-44-22-27)41-20-32-34(43-35(40)39(31)32)21-42-36(24-10-4-1-5-11-24,25-12-6-2-7-13-25)26-14-8-3-9-15-26/h1-15,18-19,27-28,32,34H,16-17,20-23H2/t27-,28+,32-,34-/m0/s1. The van der Waals surface area contributed by atoms with E-state index >= 15 is 4.39 Å². The first-order valence-electron chi connectivity index (χ1n) is 15.3. The summed E-state index contributed by atoms with van der Waals surface area (Å²) in [6, 6.07) is 33.7. The Morgan fingerprint density at radius 2 is 1.39 bits per heavy atom. The van der Waals surface area contributed by atoms with Gasteiger partial charge in [0.2, 0.25) is 0 Å². The minimum Gasteiger partial charge on any atom is -0.489 e. The van der Waals surface area contributed by atoms with Crippen molar-refractivity contribution < 1.29 is 23.4 Å². The van der Waals surface area contributed by atoms with E-state index in [4.69, 9.17) is 14.2 Å². The fraction of sp³-hybridized carbons (Fsp3) is 0.306. The zero-order valence-corrected chi connectivity index (χ0v) is 25.0. The highest BCUT2D eigenvalue weighted by atomic mass is 32.2. The third-order valence-electron chi connectivity index (χ3n) is 9.43. The monoisotopic (exact) mass is 608 g/mol. The van der Waals surface area contributed by atoms with Crippen molar-refractivity contribution >= 4 is 29.2 Å². The molecule has 4 aliphatic heterocycles. The number of carbonyl (C=O) groups is 1. The Labute approximate surface area is 260 Å². The highest BCUT2D eigenvalue weighted by Crippen LogP contribution is 2.47. The van der Waals surface area contributed by atoms with Gasteiger partial charge < -0.3 is 19.1 Å². The Morgan fingerprint density at radius 3 is 1.95 bits per heavy atom. The van der Waals surface area contributed by atoms with Gasteiger partial charge in [0, 0.05) is 35.7 Å². The van der Waals surface area contributed by atoms with Crippen LogP contribution in [0.4, 0.5) is 20.6 Å². The molecule has 0 N–H and O–H groups in total. The summed E-state index contributed by atoms with van der Waals surface area (Å²) in [5.41, 5.74) is 2.91. The molecule has 0 aromatic heterocycles. The average Bonchev–Trinajstić information content (AvgIpc) is 3.52. The second kappa shape index (κ2) is 11.2. The maximum Gasteiger partial charge on any atom is 0.415 e. The van der Waals surface area contributed by atoms with Gasteiger partial charge >= 0.3 is 6.09 Å². The minimum absolute atomic E-state index is 0.111. The van der Waals surface area contributed by atoms with E-state index in [0.717, 1.165) is 41.0 Å². The minimum atomic E-state index is -0.954. The molecule has 8 rings (SSSR count). The van der Waals surface area contributed by atoms with Crippen molar-refractivity contribution in [3.63, 3.8) is 0 Å². The number of nitrogens with zero attached hydrogens (tertiary/aromatic N) is 2. The van der Waals surface area contributed by atoms with Crippen molar-refractivity contribution in [2.75, 3.05) is 34.5 Å². The molecule has 0 aliphatic carbocycles. The van der Waals surface area contributed by atoms with E-state index in [9.17, 15) is 4.79 Å². The zero-order chi connectivity index (χ0) is 29.7. The van der Waals surface area contributed by atoms with Crippen molar-refractivity contribution in [3.05, 3.63) is 126 Å². The first-order valence-corrected chi connectivity index (χ1v) is 16.4. The Hall–Kier alpha value is -4.01. The van der Waals surface area contributed by atoms with Gasteiger partial charge in [0.1, 0.15) is 29.8 Å². The number of amides is 1. The van der Waals surface area contributed by atoms with Crippen molar-refractivity contribution in [3.8, 4) is 5.75 Å². The van der Waals surface area contributed by atoms with E-state index in [1.807, 2.05) is 66.4 Å². The summed E-state index contributed by atoms with van der Waals surface area (Å²) >= 11 is 1.94. The Morgan fingerprint density at radius 1 is 0.818 bits per heavy atom. The maximum atomic E-state index is 15.8. The average molecular weight is 609 g/mol. The second-order valence-electron chi connectivity index (χ2n) is 11.9. The summed E-state index contributed by atoms with van der Waals surface area (Å²) < 4.78 is 34.9. The highest BCUT2D eigenvalue weighted by molar-refractivity contribution is 7.99. The SMILES string of the molecule is O=C1O[C@@H](COC(c2ccccc2)(c2ccccc2)c2ccccc2)[C@@H]2COc3cc(N4[C@@H]5CC[C@H]4CSC5)c(F)cc3N12. The second-order valence-corrected chi connectivity index (χ2v) is 12.9. The highest BCUT2D eigenvalue weighted by Gasteiger charge is 2.49. The maximum absolute atomic E-state index is 15.8. The van der Waals surface area contributed by atoms with Crippen LogP contribution in [0.2, 0.25) is 0 Å². The molecule has 3 fully saturated rings. The summed E-state index contributed by atoms with van der Waals surface area (Å²) in [6.45, 7) is 0.342. The quantitative estimate of drug-likeness (QED) is 0.211. The van der Waals surface area contributed by atoms with E-state index in [2.05, 4.69) is 41.3 Å². The molecule has 44 heavy (non-hydrogen) atoms. The van der Waals surface area contributed by atoms with Crippen molar-refractivity contribution in [1.29, 1.82) is 0 Å². The number of fused-ring (bicyclic) bond motifs is 5. The van der Waals surface area contributed by atoms with Gasteiger partial charge in [-0.05, 0) is 29.5 Å². The summed E-state index contributed by atoms with van der Waals surface area (Å²) in [5, 5.41) is 0. The summed E-state index contributed by atoms with van der Waals surface area (Å²) in [5.74, 6) is 2.19. The van der Waals surface area contributed by atoms with Gasteiger partial charge in [0.25, 0.3) is 0 Å². The van der Waals surface area contributed by atoms with Crippen LogP contribution in [0.3, 0.4) is 0 Å². The molecule has 0 unspecified atom stereocenters. The number of anilines is 2. The smallest absolute Gasteiger partial charge is 0.415 e. The first-order chi connectivity index (χ1) is 21.6. The van der Waals surface area contributed by atoms with E-state index < -0.39 is 23.8 Å². The predicted molar refractivity (Wildman–Crippen MR) is 170 cm³/mol. The zero-order valence-electron chi connectivity index (χ0n) is 24.2. The fourth-order valence-corrected chi connectivity index (χ4v) is 8.71. The molecule has 0 radical (unpaired) electrons. The van der Waals surface area contributed by atoms with Gasteiger partial charge in [-0.2, -0.15) is 11.8 Å². The third-order valence-corrected chi connectivity index (χ3v) is 10.7. The lowest BCUT2D eigenvalue weighted by molar-refractivity contribution is -0.0389. The van der Waals surface area contributed by atoms with Gasteiger partial charge in [0.15, 0.2) is 6.10 Å². The Kier molecular flexibility index (Phi) is 6.99. The number of thioether (sulfide) groups is 1. The number of ether oxygens (including phenoxy) is 3. The van der Waals surface area contributed by atoms with Crippen LogP contribution in [0.1, 0.15) is 29.5 Å². The molecule has 3 saturated heterocycles. The number of hydrogen-bond donors (Lipinski definition) is 0. The van der Waals surface area contributed by atoms with E-state index in [1.54, 1.807) is 11.0 Å². The number of benzene rings is 4. The molecule has 4 aliphatic rings. The van der Waals surface area contributed by atoms with Crippen LogP contribution < -0.4 is 14.5 Å². The normalized spacial score (nSPS) is 24.0. The lowest BCUT2D eigenvalue weighted by atomic mass is 9.80. The van der Waals surface area contributed by atoms with Gasteiger partial charge in [-0.15, -0.1) is 0 Å². The molecule has 4 aromatic carbocycles. The van der Waals surface area contributed by atoms with Crippen molar-refractivity contribution in [2.24, 2.45) is 0 Å². The molecular weight excluding hydrogens is 575 g/mol. The van der Waals surface area contributed by atoms with Gasteiger partial charge in [0.05, 0.1) is 18.0 Å². The Bertz CT molecular complexity index is 1540. The van der Waals surface area contributed by atoms with E-state index in [-0.39, 0.29) is 19.0 Å². The molecule has 4 atom stereocenters. The predicted octanol–water partition coefficient (Wildman–Crippen LogP) is 7.00. The van der Waals surface area contributed by atoms with Crippen LogP contribution in [0.25, 0.3) is 0 Å². The van der Waals surface area contributed by atoms with E-state index in [0.29, 0.717) is 29.2 Å². The number of hydrogen-bond acceptors (Lipinski definition) is 6. The molecule has 0 saturated carbocycles. The number of carbonyl (C=O) groups excluding carboxylic acids is 1. The van der Waals surface area contributed by atoms with Crippen molar-refractivity contribution in [2.45, 2.75) is 42.7 Å². The lowest BCUT2D eigenvalue weighted by Gasteiger charge is -2.38. The Balaban J connectivity index is 1.11. The molecule has 4 heterocycles. The van der Waals surface area contributed by atoms with Crippen LogP contribution in [0.5, 0.6) is 5.75 Å². The summed E-state index contributed by atoms with van der Waals surface area (Å²) in [4.78, 5) is 17.2. The lowest BCUT2D eigenvalue weighted by Crippen LogP contribution is -2.47. The summed E-state index contributed by atoms with van der Waals surface area (Å²) in [6.07, 6.45) is 1.02. The van der Waals surface area contributed by atoms with Crippen LogP contribution in [0.15, 0.2) is 103 Å². The van der Waals surface area contributed by atoms with Gasteiger partial charge in [-0.25, -0.2) is 9.18 Å². The summed E-state index contributed by atoms with van der Waals surface area (Å²) in [7, 11) is 0. The molecule has 6 nitrogen and oxygen atoms in total. The van der Waals surface area contributed by atoms with Crippen molar-refractivity contribution in [1.82, 2.24) is 0 Å². The molecule has 2 bridgehead atoms. The third kappa shape index (κ3) is 4.46. The number of halogens is 1. The molecule has 0 spiro atoms. The molecular formula is C36H33FN2O4S. The molecule has 8 heteroatoms. The fourth-order valence-electron chi connectivity index (χ4n) is 7.38. The first kappa shape index (κ1) is 27.5. The van der Waals surface area contributed by atoms with Gasteiger partial charge in [-0.3, -0.25) is 4.90 Å². The number of cyclic esters (lactones) is 1. The molecule has 4 aromatic rings. The van der Waals surface area contributed by atoms with Crippen LogP contribution in [0, 0.1) is 5.82 Å². The van der Waals surface area contributed by atoms with Crippen LogP contribution in [-0.4, -0.2) is 55.0 Å². The number of rotatable bonds is 7. The van der Waals surface area contributed by atoms with Crippen LogP contribution >= 0.6 is 11.8 Å².